The molecule has 0 aromatic carbocycles. The fraction of sp³-hybridized carbons (Fsp3) is 0.500. The first-order valence-corrected chi connectivity index (χ1v) is 8.51. The van der Waals surface area contributed by atoms with E-state index in [2.05, 4.69) is 15.4 Å². The summed E-state index contributed by atoms with van der Waals surface area (Å²) in [4.78, 5) is 15.7. The van der Waals surface area contributed by atoms with E-state index in [0.29, 0.717) is 6.54 Å². The van der Waals surface area contributed by atoms with E-state index in [9.17, 15) is 4.79 Å². The zero-order chi connectivity index (χ0) is 15.5. The fourth-order valence-corrected chi connectivity index (χ4v) is 3.71. The third kappa shape index (κ3) is 3.39. The number of nitrogens with zero attached hydrogens (tertiary/aromatic N) is 2. The van der Waals surface area contributed by atoms with Crippen LogP contribution in [0.3, 0.4) is 0 Å². The first-order chi connectivity index (χ1) is 10.6. The van der Waals surface area contributed by atoms with Crippen LogP contribution in [0.15, 0.2) is 28.1 Å². The molecule has 118 valence electrons. The van der Waals surface area contributed by atoms with Crippen molar-refractivity contribution in [2.24, 2.45) is 0 Å². The Bertz CT molecular complexity index is 623. The molecule has 22 heavy (non-hydrogen) atoms. The number of amides is 1. The number of likely N-dealkylation sites (tertiary alicyclic amines) is 1. The number of hydrogen-bond donors (Lipinski definition) is 1. The van der Waals surface area contributed by atoms with Gasteiger partial charge in [0.15, 0.2) is 0 Å². The maximum Gasteiger partial charge on any atom is 0.234 e. The van der Waals surface area contributed by atoms with Gasteiger partial charge in [-0.05, 0) is 44.7 Å². The molecule has 5 nitrogen and oxygen atoms in total. The first kappa shape index (κ1) is 15.2. The molecule has 0 bridgehead atoms. The normalized spacial score (nSPS) is 20.2. The van der Waals surface area contributed by atoms with E-state index in [4.69, 9.17) is 4.52 Å². The van der Waals surface area contributed by atoms with Gasteiger partial charge in [0.05, 0.1) is 18.6 Å². The smallest absolute Gasteiger partial charge is 0.234 e. The molecule has 1 aliphatic heterocycles. The Hall–Kier alpha value is -1.66. The minimum absolute atomic E-state index is 0.0582. The SMILES string of the molecule is Cc1cc([C@@H]2CCCN2CC(=O)N[C@H](C)c2cccs2)no1. The molecule has 0 radical (unpaired) electrons. The molecular formula is C16H21N3O2S. The van der Waals surface area contributed by atoms with Gasteiger partial charge in [0, 0.05) is 10.9 Å². The van der Waals surface area contributed by atoms with Gasteiger partial charge >= 0.3 is 0 Å². The highest BCUT2D eigenvalue weighted by atomic mass is 32.1. The standard InChI is InChI=1S/C16H21N3O2S/c1-11-9-13(18-21-11)14-5-3-7-19(14)10-16(20)17-12(2)15-6-4-8-22-15/h4,6,8-9,12,14H,3,5,7,10H2,1-2H3,(H,17,20)/t12-,14+/m1/s1. The Balaban J connectivity index is 1.58. The zero-order valence-electron chi connectivity index (χ0n) is 12.9. The van der Waals surface area contributed by atoms with Crippen LogP contribution in [0.5, 0.6) is 0 Å². The van der Waals surface area contributed by atoms with Crippen molar-refractivity contribution in [2.75, 3.05) is 13.1 Å². The number of nitrogens with one attached hydrogen (secondary N) is 1. The molecular weight excluding hydrogens is 298 g/mol. The molecule has 1 aliphatic rings. The van der Waals surface area contributed by atoms with Crippen molar-refractivity contribution in [2.45, 2.75) is 38.8 Å². The molecule has 3 rings (SSSR count). The Labute approximate surface area is 134 Å². The van der Waals surface area contributed by atoms with Crippen molar-refractivity contribution in [1.29, 1.82) is 0 Å². The summed E-state index contributed by atoms with van der Waals surface area (Å²) < 4.78 is 5.17. The summed E-state index contributed by atoms with van der Waals surface area (Å²) in [5, 5.41) is 9.21. The number of aryl methyl sites for hydroxylation is 1. The Morgan fingerprint density at radius 1 is 1.64 bits per heavy atom. The quantitative estimate of drug-likeness (QED) is 0.920. The van der Waals surface area contributed by atoms with Gasteiger partial charge in [-0.3, -0.25) is 9.69 Å². The molecule has 0 unspecified atom stereocenters. The third-order valence-electron chi connectivity index (χ3n) is 4.05. The van der Waals surface area contributed by atoms with E-state index in [1.54, 1.807) is 11.3 Å². The summed E-state index contributed by atoms with van der Waals surface area (Å²) in [6, 6.07) is 6.27. The lowest BCUT2D eigenvalue weighted by Crippen LogP contribution is -2.37. The molecule has 0 aliphatic carbocycles. The van der Waals surface area contributed by atoms with E-state index in [1.807, 2.05) is 37.4 Å². The molecule has 1 saturated heterocycles. The summed E-state index contributed by atoms with van der Waals surface area (Å²) in [6.45, 7) is 5.25. The van der Waals surface area contributed by atoms with Crippen LogP contribution in [0.4, 0.5) is 0 Å². The Kier molecular flexibility index (Phi) is 4.59. The van der Waals surface area contributed by atoms with Gasteiger partial charge in [-0.15, -0.1) is 11.3 Å². The maximum atomic E-state index is 12.3. The Morgan fingerprint density at radius 2 is 2.50 bits per heavy atom. The second-order valence-corrected chi connectivity index (χ2v) is 6.77. The van der Waals surface area contributed by atoms with Crippen molar-refractivity contribution in [3.05, 3.63) is 39.9 Å². The molecule has 0 saturated carbocycles. The summed E-state index contributed by atoms with van der Waals surface area (Å²) in [5.41, 5.74) is 0.939. The molecule has 3 heterocycles. The lowest BCUT2D eigenvalue weighted by Gasteiger charge is -2.23. The van der Waals surface area contributed by atoms with Crippen molar-refractivity contribution in [1.82, 2.24) is 15.4 Å². The molecule has 2 aromatic heterocycles. The monoisotopic (exact) mass is 319 g/mol. The van der Waals surface area contributed by atoms with E-state index >= 15 is 0 Å². The van der Waals surface area contributed by atoms with Crippen LogP contribution in [0.25, 0.3) is 0 Å². The van der Waals surface area contributed by atoms with Gasteiger partial charge in [0.2, 0.25) is 5.91 Å². The van der Waals surface area contributed by atoms with Crippen molar-refractivity contribution in [3.63, 3.8) is 0 Å². The largest absolute Gasteiger partial charge is 0.361 e. The lowest BCUT2D eigenvalue weighted by molar-refractivity contribution is -0.123. The highest BCUT2D eigenvalue weighted by molar-refractivity contribution is 7.10. The second-order valence-electron chi connectivity index (χ2n) is 5.80. The van der Waals surface area contributed by atoms with Gasteiger partial charge in [0.25, 0.3) is 0 Å². The van der Waals surface area contributed by atoms with Gasteiger partial charge in [-0.2, -0.15) is 0 Å². The van der Waals surface area contributed by atoms with Crippen LogP contribution in [0.1, 0.15) is 48.2 Å². The van der Waals surface area contributed by atoms with Gasteiger partial charge in [0.1, 0.15) is 11.5 Å². The average Bonchev–Trinajstić information content (AvgIpc) is 3.18. The number of carbonyl (C=O) groups excluding carboxylic acids is 1. The maximum absolute atomic E-state index is 12.3. The summed E-state index contributed by atoms with van der Waals surface area (Å²) in [5.74, 6) is 0.880. The third-order valence-corrected chi connectivity index (χ3v) is 5.10. The van der Waals surface area contributed by atoms with Crippen LogP contribution in [-0.4, -0.2) is 29.1 Å². The van der Waals surface area contributed by atoms with Gasteiger partial charge in [-0.1, -0.05) is 11.2 Å². The lowest BCUT2D eigenvalue weighted by atomic mass is 10.1. The summed E-state index contributed by atoms with van der Waals surface area (Å²) in [7, 11) is 0. The number of hydrogen-bond acceptors (Lipinski definition) is 5. The second kappa shape index (κ2) is 6.62. The molecule has 0 spiro atoms. The van der Waals surface area contributed by atoms with E-state index in [-0.39, 0.29) is 18.0 Å². The summed E-state index contributed by atoms with van der Waals surface area (Å²) >= 11 is 1.67. The van der Waals surface area contributed by atoms with Crippen LogP contribution >= 0.6 is 11.3 Å². The molecule has 1 amide bonds. The van der Waals surface area contributed by atoms with Gasteiger partial charge < -0.3 is 9.84 Å². The van der Waals surface area contributed by atoms with E-state index in [1.165, 1.54) is 4.88 Å². The number of thiophene rings is 1. The minimum Gasteiger partial charge on any atom is -0.361 e. The average molecular weight is 319 g/mol. The molecule has 2 atom stereocenters. The van der Waals surface area contributed by atoms with Crippen LogP contribution in [0.2, 0.25) is 0 Å². The topological polar surface area (TPSA) is 58.4 Å². The van der Waals surface area contributed by atoms with E-state index in [0.717, 1.165) is 30.8 Å². The summed E-state index contributed by atoms with van der Waals surface area (Å²) in [6.07, 6.45) is 2.12. The highest BCUT2D eigenvalue weighted by Crippen LogP contribution is 2.31. The minimum atomic E-state index is 0.0582. The van der Waals surface area contributed by atoms with Gasteiger partial charge in [-0.25, -0.2) is 0 Å². The predicted octanol–water partition coefficient (Wildman–Crippen LogP) is 3.06. The Morgan fingerprint density at radius 3 is 3.18 bits per heavy atom. The van der Waals surface area contributed by atoms with Crippen molar-refractivity contribution >= 4 is 17.2 Å². The highest BCUT2D eigenvalue weighted by Gasteiger charge is 2.30. The van der Waals surface area contributed by atoms with E-state index < -0.39 is 0 Å². The molecule has 1 fully saturated rings. The van der Waals surface area contributed by atoms with Crippen LogP contribution in [-0.2, 0) is 4.79 Å². The number of carbonyl (C=O) groups is 1. The molecule has 1 N–H and O–H groups in total. The van der Waals surface area contributed by atoms with Crippen LogP contribution < -0.4 is 5.32 Å². The predicted molar refractivity (Wildman–Crippen MR) is 85.7 cm³/mol. The first-order valence-electron chi connectivity index (χ1n) is 7.63. The molecule has 2 aromatic rings. The number of rotatable bonds is 5. The number of aromatic nitrogens is 1. The van der Waals surface area contributed by atoms with Crippen molar-refractivity contribution in [3.8, 4) is 0 Å². The van der Waals surface area contributed by atoms with Crippen molar-refractivity contribution < 1.29 is 9.32 Å². The fourth-order valence-electron chi connectivity index (χ4n) is 2.97. The zero-order valence-corrected chi connectivity index (χ0v) is 13.7. The molecule has 6 heteroatoms. The van der Waals surface area contributed by atoms with Crippen LogP contribution in [0, 0.1) is 6.92 Å².